The maximum absolute atomic E-state index is 12.3. The number of sulfonamides is 1. The lowest BCUT2D eigenvalue weighted by molar-refractivity contribution is 0.0527. The number of ether oxygens (including phenoxy) is 1. The van der Waals surface area contributed by atoms with E-state index in [4.69, 9.17) is 4.74 Å². The number of unbranched alkanes of at least 4 members (excludes halogenated alkanes) is 2. The van der Waals surface area contributed by atoms with Crippen LogP contribution in [0.15, 0.2) is 24.3 Å². The van der Waals surface area contributed by atoms with E-state index in [2.05, 4.69) is 0 Å². The molecule has 0 N–H and O–H groups in total. The molecule has 0 fully saturated rings. The summed E-state index contributed by atoms with van der Waals surface area (Å²) in [7, 11) is -1.96. The standard InChI is InChI=1S/C15H23NO4S/c1-4-6-9-12-21(18,19)16(3)14-11-8-7-10-13(14)15(17)20-5-2/h7-8,10-11H,4-6,9,12H2,1-3H3. The first kappa shape index (κ1) is 17.5. The average Bonchev–Trinajstić information content (AvgIpc) is 2.47. The van der Waals surface area contributed by atoms with Crippen LogP contribution in [-0.2, 0) is 14.8 Å². The zero-order valence-electron chi connectivity index (χ0n) is 12.8. The van der Waals surface area contributed by atoms with Gasteiger partial charge in [-0.3, -0.25) is 4.31 Å². The third-order valence-electron chi connectivity index (χ3n) is 3.16. The molecule has 0 saturated carbocycles. The number of benzene rings is 1. The lowest BCUT2D eigenvalue weighted by Crippen LogP contribution is -2.30. The number of esters is 1. The van der Waals surface area contributed by atoms with Gasteiger partial charge >= 0.3 is 5.97 Å². The van der Waals surface area contributed by atoms with E-state index in [1.165, 1.54) is 11.4 Å². The van der Waals surface area contributed by atoms with Crippen molar-refractivity contribution in [2.75, 3.05) is 23.7 Å². The van der Waals surface area contributed by atoms with E-state index in [9.17, 15) is 13.2 Å². The third-order valence-corrected chi connectivity index (χ3v) is 5.00. The fourth-order valence-electron chi connectivity index (χ4n) is 1.95. The Labute approximate surface area is 127 Å². The molecule has 0 radical (unpaired) electrons. The van der Waals surface area contributed by atoms with Crippen LogP contribution in [0.1, 0.15) is 43.5 Å². The number of hydrogen-bond acceptors (Lipinski definition) is 4. The highest BCUT2D eigenvalue weighted by Gasteiger charge is 2.23. The van der Waals surface area contributed by atoms with E-state index in [0.717, 1.165) is 12.8 Å². The smallest absolute Gasteiger partial charge is 0.340 e. The molecule has 0 unspecified atom stereocenters. The quantitative estimate of drug-likeness (QED) is 0.547. The summed E-state index contributed by atoms with van der Waals surface area (Å²) < 4.78 is 30.8. The van der Waals surface area contributed by atoms with Crippen LogP contribution < -0.4 is 4.31 Å². The van der Waals surface area contributed by atoms with Crippen molar-refractivity contribution in [3.63, 3.8) is 0 Å². The second-order valence-electron chi connectivity index (χ2n) is 4.73. The van der Waals surface area contributed by atoms with E-state index in [0.29, 0.717) is 12.1 Å². The van der Waals surface area contributed by atoms with Crippen LogP contribution in [0.4, 0.5) is 5.69 Å². The Hall–Kier alpha value is -1.56. The summed E-state index contributed by atoms with van der Waals surface area (Å²) in [6.45, 7) is 3.98. The fraction of sp³-hybridized carbons (Fsp3) is 0.533. The Morgan fingerprint density at radius 2 is 1.86 bits per heavy atom. The SMILES string of the molecule is CCCCCS(=O)(=O)N(C)c1ccccc1C(=O)OCC. The predicted molar refractivity (Wildman–Crippen MR) is 84.1 cm³/mol. The van der Waals surface area contributed by atoms with Crippen molar-refractivity contribution in [1.29, 1.82) is 0 Å². The maximum atomic E-state index is 12.3. The molecule has 0 aromatic heterocycles. The Morgan fingerprint density at radius 1 is 1.19 bits per heavy atom. The van der Waals surface area contributed by atoms with E-state index in [-0.39, 0.29) is 17.9 Å². The summed E-state index contributed by atoms with van der Waals surface area (Å²) in [5.41, 5.74) is 0.619. The monoisotopic (exact) mass is 313 g/mol. The van der Waals surface area contributed by atoms with Crippen LogP contribution in [0.5, 0.6) is 0 Å². The van der Waals surface area contributed by atoms with Crippen LogP contribution in [0.2, 0.25) is 0 Å². The van der Waals surface area contributed by atoms with E-state index < -0.39 is 16.0 Å². The lowest BCUT2D eigenvalue weighted by Gasteiger charge is -2.21. The molecule has 5 nitrogen and oxygen atoms in total. The Balaban J connectivity index is 3.01. The molecule has 0 heterocycles. The minimum Gasteiger partial charge on any atom is -0.462 e. The van der Waals surface area contributed by atoms with Crippen molar-refractivity contribution in [2.24, 2.45) is 0 Å². The summed E-state index contributed by atoms with van der Waals surface area (Å²) in [4.78, 5) is 11.9. The van der Waals surface area contributed by atoms with Gasteiger partial charge < -0.3 is 4.74 Å². The molecule has 0 saturated heterocycles. The maximum Gasteiger partial charge on any atom is 0.340 e. The van der Waals surface area contributed by atoms with Gasteiger partial charge in [-0.1, -0.05) is 31.9 Å². The highest BCUT2D eigenvalue weighted by Crippen LogP contribution is 2.23. The van der Waals surface area contributed by atoms with Crippen molar-refractivity contribution in [3.8, 4) is 0 Å². The predicted octanol–water partition coefficient (Wildman–Crippen LogP) is 2.82. The second kappa shape index (κ2) is 8.02. The molecule has 0 amide bonds. The van der Waals surface area contributed by atoms with Gasteiger partial charge in [0.15, 0.2) is 0 Å². The average molecular weight is 313 g/mol. The van der Waals surface area contributed by atoms with Gasteiger partial charge in [0.1, 0.15) is 0 Å². The third kappa shape index (κ3) is 4.74. The van der Waals surface area contributed by atoms with E-state index in [1.807, 2.05) is 6.92 Å². The molecule has 0 aliphatic carbocycles. The molecule has 1 aromatic carbocycles. The lowest BCUT2D eigenvalue weighted by atomic mass is 10.2. The highest BCUT2D eigenvalue weighted by molar-refractivity contribution is 7.92. The summed E-state index contributed by atoms with van der Waals surface area (Å²) in [6.07, 6.45) is 2.44. The van der Waals surface area contributed by atoms with Crippen LogP contribution >= 0.6 is 0 Å². The largest absolute Gasteiger partial charge is 0.462 e. The normalized spacial score (nSPS) is 11.2. The highest BCUT2D eigenvalue weighted by atomic mass is 32.2. The zero-order valence-corrected chi connectivity index (χ0v) is 13.6. The van der Waals surface area contributed by atoms with Gasteiger partial charge in [-0.2, -0.15) is 0 Å². The number of nitrogens with zero attached hydrogens (tertiary/aromatic N) is 1. The van der Waals surface area contributed by atoms with Crippen molar-refractivity contribution >= 4 is 21.7 Å². The number of carbonyl (C=O) groups is 1. The summed E-state index contributed by atoms with van der Waals surface area (Å²) >= 11 is 0. The molecular weight excluding hydrogens is 290 g/mol. The molecule has 0 bridgehead atoms. The minimum absolute atomic E-state index is 0.0779. The van der Waals surface area contributed by atoms with Crippen LogP contribution in [0, 0.1) is 0 Å². The van der Waals surface area contributed by atoms with Gasteiger partial charge in [-0.05, 0) is 25.5 Å². The first-order valence-electron chi connectivity index (χ1n) is 7.16. The Morgan fingerprint density at radius 3 is 2.48 bits per heavy atom. The molecule has 1 aromatic rings. The summed E-state index contributed by atoms with van der Waals surface area (Å²) in [6, 6.07) is 6.58. The van der Waals surface area contributed by atoms with Gasteiger partial charge in [0, 0.05) is 7.05 Å². The van der Waals surface area contributed by atoms with Crippen molar-refractivity contribution in [2.45, 2.75) is 33.1 Å². The Kier molecular flexibility index (Phi) is 6.68. The van der Waals surface area contributed by atoms with E-state index in [1.54, 1.807) is 31.2 Å². The van der Waals surface area contributed by atoms with Crippen molar-refractivity contribution < 1.29 is 17.9 Å². The van der Waals surface area contributed by atoms with Crippen LogP contribution in [0.3, 0.4) is 0 Å². The number of anilines is 1. The minimum atomic E-state index is -3.43. The molecule has 0 atom stereocenters. The van der Waals surface area contributed by atoms with Gasteiger partial charge in [0.2, 0.25) is 10.0 Å². The van der Waals surface area contributed by atoms with Gasteiger partial charge in [0.25, 0.3) is 0 Å². The zero-order chi connectivity index (χ0) is 15.9. The molecule has 0 aliphatic heterocycles. The summed E-state index contributed by atoms with van der Waals surface area (Å²) in [5.74, 6) is -0.433. The second-order valence-corrected chi connectivity index (χ2v) is 6.85. The molecular formula is C15H23NO4S. The fourth-order valence-corrected chi connectivity index (χ4v) is 3.25. The van der Waals surface area contributed by atoms with Gasteiger partial charge in [-0.15, -0.1) is 0 Å². The van der Waals surface area contributed by atoms with Gasteiger partial charge in [-0.25, -0.2) is 13.2 Å². The first-order valence-corrected chi connectivity index (χ1v) is 8.77. The number of hydrogen-bond donors (Lipinski definition) is 0. The number of rotatable bonds is 8. The molecule has 21 heavy (non-hydrogen) atoms. The molecule has 118 valence electrons. The summed E-state index contributed by atoms with van der Waals surface area (Å²) in [5, 5.41) is 0. The van der Waals surface area contributed by atoms with Crippen LogP contribution in [0.25, 0.3) is 0 Å². The number of para-hydroxylation sites is 1. The van der Waals surface area contributed by atoms with E-state index >= 15 is 0 Å². The van der Waals surface area contributed by atoms with Crippen LogP contribution in [-0.4, -0.2) is 33.8 Å². The van der Waals surface area contributed by atoms with Crippen molar-refractivity contribution in [3.05, 3.63) is 29.8 Å². The first-order chi connectivity index (χ1) is 9.94. The van der Waals surface area contributed by atoms with Crippen molar-refractivity contribution in [1.82, 2.24) is 0 Å². The molecule has 0 aliphatic rings. The number of carbonyl (C=O) groups excluding carboxylic acids is 1. The molecule has 1 rings (SSSR count). The Bertz CT molecular complexity index is 569. The molecule has 6 heteroatoms. The topological polar surface area (TPSA) is 63.7 Å². The molecule has 0 spiro atoms. The van der Waals surface area contributed by atoms with Gasteiger partial charge in [0.05, 0.1) is 23.6 Å².